The monoisotopic (exact) mass is 237 g/mol. The SMILES string of the molecule is Nc1cccnc1Nc1ccc(Cl)cc1F. The molecule has 0 amide bonds. The number of aromatic nitrogens is 1. The minimum atomic E-state index is -0.447. The Balaban J connectivity index is 2.31. The lowest BCUT2D eigenvalue weighted by Gasteiger charge is -2.08. The molecule has 0 aliphatic heterocycles. The van der Waals surface area contributed by atoms with E-state index in [2.05, 4.69) is 10.3 Å². The molecule has 82 valence electrons. The quantitative estimate of drug-likeness (QED) is 0.843. The predicted octanol–water partition coefficient (Wildman–Crippen LogP) is 3.20. The maximum absolute atomic E-state index is 13.5. The van der Waals surface area contributed by atoms with E-state index in [1.54, 1.807) is 24.4 Å². The van der Waals surface area contributed by atoms with E-state index in [1.807, 2.05) is 0 Å². The van der Waals surface area contributed by atoms with E-state index in [0.717, 1.165) is 0 Å². The van der Waals surface area contributed by atoms with Crippen LogP contribution in [0.5, 0.6) is 0 Å². The third kappa shape index (κ3) is 2.23. The zero-order chi connectivity index (χ0) is 11.5. The maximum Gasteiger partial charge on any atom is 0.153 e. The Kier molecular flexibility index (Phi) is 2.92. The Bertz CT molecular complexity index is 516. The van der Waals surface area contributed by atoms with Crippen LogP contribution in [0.4, 0.5) is 21.6 Å². The summed E-state index contributed by atoms with van der Waals surface area (Å²) in [6.07, 6.45) is 1.58. The average Bonchev–Trinajstić information content (AvgIpc) is 2.25. The Labute approximate surface area is 97.1 Å². The number of anilines is 3. The maximum atomic E-state index is 13.5. The molecule has 0 unspecified atom stereocenters. The fraction of sp³-hybridized carbons (Fsp3) is 0. The molecule has 0 aliphatic carbocycles. The summed E-state index contributed by atoms with van der Waals surface area (Å²) >= 11 is 5.64. The number of hydrogen-bond donors (Lipinski definition) is 2. The van der Waals surface area contributed by atoms with Crippen LogP contribution in [-0.4, -0.2) is 4.98 Å². The smallest absolute Gasteiger partial charge is 0.153 e. The molecule has 1 aromatic carbocycles. The van der Waals surface area contributed by atoms with Gasteiger partial charge in [-0.1, -0.05) is 11.6 Å². The van der Waals surface area contributed by atoms with Crippen molar-refractivity contribution in [3.63, 3.8) is 0 Å². The molecule has 2 rings (SSSR count). The molecule has 3 nitrogen and oxygen atoms in total. The second-order valence-corrected chi connectivity index (χ2v) is 3.63. The van der Waals surface area contributed by atoms with Crippen molar-refractivity contribution in [2.45, 2.75) is 0 Å². The van der Waals surface area contributed by atoms with Crippen molar-refractivity contribution in [1.29, 1.82) is 0 Å². The lowest BCUT2D eigenvalue weighted by atomic mass is 10.3. The molecule has 3 N–H and O–H groups in total. The van der Waals surface area contributed by atoms with E-state index >= 15 is 0 Å². The molecule has 0 bridgehead atoms. The molecule has 0 saturated carbocycles. The first-order chi connectivity index (χ1) is 7.66. The van der Waals surface area contributed by atoms with Gasteiger partial charge in [-0.05, 0) is 30.3 Å². The van der Waals surface area contributed by atoms with Crippen LogP contribution in [0.25, 0.3) is 0 Å². The van der Waals surface area contributed by atoms with Gasteiger partial charge in [0.1, 0.15) is 5.82 Å². The molecular formula is C11H9ClFN3. The fourth-order valence-corrected chi connectivity index (χ4v) is 1.40. The molecule has 1 heterocycles. The topological polar surface area (TPSA) is 50.9 Å². The standard InChI is InChI=1S/C11H9ClFN3/c12-7-3-4-10(8(13)6-7)16-11-9(14)2-1-5-15-11/h1-6H,14H2,(H,15,16). The molecule has 0 aliphatic rings. The van der Waals surface area contributed by atoms with Gasteiger partial charge >= 0.3 is 0 Å². The van der Waals surface area contributed by atoms with E-state index in [0.29, 0.717) is 16.5 Å². The van der Waals surface area contributed by atoms with Crippen molar-refractivity contribution >= 4 is 28.8 Å². The van der Waals surface area contributed by atoms with E-state index in [-0.39, 0.29) is 5.69 Å². The van der Waals surface area contributed by atoms with E-state index in [1.165, 1.54) is 12.1 Å². The molecule has 1 aromatic heterocycles. The first kappa shape index (κ1) is 10.7. The molecule has 2 aromatic rings. The minimum absolute atomic E-state index is 0.287. The van der Waals surface area contributed by atoms with Crippen molar-refractivity contribution in [2.24, 2.45) is 0 Å². The molecule has 0 atom stereocenters. The fourth-order valence-electron chi connectivity index (χ4n) is 1.24. The highest BCUT2D eigenvalue weighted by Crippen LogP contribution is 2.24. The number of nitrogen functional groups attached to an aromatic ring is 1. The Hall–Kier alpha value is -1.81. The Morgan fingerprint density at radius 1 is 1.31 bits per heavy atom. The Morgan fingerprint density at radius 3 is 2.81 bits per heavy atom. The summed E-state index contributed by atoms with van der Waals surface area (Å²) in [5.41, 5.74) is 6.42. The number of nitrogens with two attached hydrogens (primary N) is 1. The van der Waals surface area contributed by atoms with Crippen molar-refractivity contribution in [3.8, 4) is 0 Å². The summed E-state index contributed by atoms with van der Waals surface area (Å²) in [6, 6.07) is 7.74. The summed E-state index contributed by atoms with van der Waals surface area (Å²) < 4.78 is 13.5. The van der Waals surface area contributed by atoms with Crippen LogP contribution in [0.2, 0.25) is 5.02 Å². The van der Waals surface area contributed by atoms with E-state index < -0.39 is 5.82 Å². The summed E-state index contributed by atoms with van der Waals surface area (Å²) in [5, 5.41) is 3.14. The van der Waals surface area contributed by atoms with Gasteiger partial charge in [-0.15, -0.1) is 0 Å². The number of halogens is 2. The van der Waals surface area contributed by atoms with Crippen LogP contribution in [-0.2, 0) is 0 Å². The van der Waals surface area contributed by atoms with Crippen LogP contribution in [0.3, 0.4) is 0 Å². The largest absolute Gasteiger partial charge is 0.396 e. The van der Waals surface area contributed by atoms with Crippen LogP contribution < -0.4 is 11.1 Å². The average molecular weight is 238 g/mol. The second kappa shape index (κ2) is 4.37. The highest BCUT2D eigenvalue weighted by Gasteiger charge is 2.05. The first-order valence-corrected chi connectivity index (χ1v) is 4.97. The Morgan fingerprint density at radius 2 is 2.12 bits per heavy atom. The second-order valence-electron chi connectivity index (χ2n) is 3.19. The van der Waals surface area contributed by atoms with Crippen molar-refractivity contribution in [3.05, 3.63) is 47.4 Å². The molecule has 5 heteroatoms. The van der Waals surface area contributed by atoms with Gasteiger partial charge in [-0.3, -0.25) is 0 Å². The number of nitrogens with zero attached hydrogens (tertiary/aromatic N) is 1. The van der Waals surface area contributed by atoms with Crippen LogP contribution in [0.1, 0.15) is 0 Å². The number of nitrogens with one attached hydrogen (secondary N) is 1. The van der Waals surface area contributed by atoms with Crippen molar-refractivity contribution < 1.29 is 4.39 Å². The molecule has 0 saturated heterocycles. The lowest BCUT2D eigenvalue weighted by Crippen LogP contribution is -2.00. The number of pyridine rings is 1. The van der Waals surface area contributed by atoms with Gasteiger partial charge in [0, 0.05) is 11.2 Å². The summed E-state index contributed by atoms with van der Waals surface area (Å²) in [4.78, 5) is 4.00. The molecule has 0 radical (unpaired) electrons. The molecular weight excluding hydrogens is 229 g/mol. The van der Waals surface area contributed by atoms with Gasteiger partial charge in [0.05, 0.1) is 11.4 Å². The van der Waals surface area contributed by atoms with Gasteiger partial charge in [0.15, 0.2) is 5.82 Å². The third-order valence-electron chi connectivity index (χ3n) is 2.02. The zero-order valence-electron chi connectivity index (χ0n) is 8.24. The van der Waals surface area contributed by atoms with Crippen LogP contribution >= 0.6 is 11.6 Å². The lowest BCUT2D eigenvalue weighted by molar-refractivity contribution is 0.632. The van der Waals surface area contributed by atoms with Crippen molar-refractivity contribution in [2.75, 3.05) is 11.1 Å². The first-order valence-electron chi connectivity index (χ1n) is 4.59. The summed E-state index contributed by atoms with van der Waals surface area (Å²) in [6.45, 7) is 0. The van der Waals surface area contributed by atoms with E-state index in [9.17, 15) is 4.39 Å². The van der Waals surface area contributed by atoms with Gasteiger partial charge in [0.2, 0.25) is 0 Å². The molecule has 16 heavy (non-hydrogen) atoms. The molecule has 0 spiro atoms. The zero-order valence-corrected chi connectivity index (χ0v) is 9.00. The number of rotatable bonds is 2. The molecule has 0 fully saturated rings. The van der Waals surface area contributed by atoms with Gasteiger partial charge in [-0.25, -0.2) is 9.37 Å². The highest BCUT2D eigenvalue weighted by molar-refractivity contribution is 6.30. The normalized spacial score (nSPS) is 10.1. The van der Waals surface area contributed by atoms with Crippen molar-refractivity contribution in [1.82, 2.24) is 4.98 Å². The third-order valence-corrected chi connectivity index (χ3v) is 2.26. The minimum Gasteiger partial charge on any atom is -0.396 e. The van der Waals surface area contributed by atoms with Crippen LogP contribution in [0, 0.1) is 5.82 Å². The summed E-state index contributed by atoms with van der Waals surface area (Å²) in [7, 11) is 0. The highest BCUT2D eigenvalue weighted by atomic mass is 35.5. The van der Waals surface area contributed by atoms with Gasteiger partial charge in [0.25, 0.3) is 0 Å². The van der Waals surface area contributed by atoms with Gasteiger partial charge < -0.3 is 11.1 Å². The predicted molar refractivity (Wildman–Crippen MR) is 63.3 cm³/mol. The summed E-state index contributed by atoms with van der Waals surface area (Å²) in [5.74, 6) is -0.0266. The number of hydrogen-bond acceptors (Lipinski definition) is 3. The van der Waals surface area contributed by atoms with Gasteiger partial charge in [-0.2, -0.15) is 0 Å². The van der Waals surface area contributed by atoms with Crippen LogP contribution in [0.15, 0.2) is 36.5 Å². The number of benzene rings is 1. The van der Waals surface area contributed by atoms with E-state index in [4.69, 9.17) is 17.3 Å².